The van der Waals surface area contributed by atoms with E-state index < -0.39 is 0 Å². The molecular formula is C12H10N4. The number of nitrogens with zero attached hydrogens (tertiary/aromatic N) is 3. The second kappa shape index (κ2) is 3.41. The van der Waals surface area contributed by atoms with Crippen LogP contribution >= 0.6 is 0 Å². The van der Waals surface area contributed by atoms with Crippen LogP contribution in [0.3, 0.4) is 0 Å². The van der Waals surface area contributed by atoms with Crippen LogP contribution in [0.2, 0.25) is 0 Å². The summed E-state index contributed by atoms with van der Waals surface area (Å²) >= 11 is 0. The van der Waals surface area contributed by atoms with Gasteiger partial charge >= 0.3 is 0 Å². The standard InChI is InChI=1S/C12H10N4/c1-8-3-4-9-10(7-8)16-12(15-9)11-13-5-2-6-14-11/h2-7H,1H3,(H,15,16). The lowest BCUT2D eigenvalue weighted by Gasteiger charge is -1.91. The van der Waals surface area contributed by atoms with Crippen LogP contribution in [-0.4, -0.2) is 19.9 Å². The van der Waals surface area contributed by atoms with Gasteiger partial charge in [0, 0.05) is 12.4 Å². The van der Waals surface area contributed by atoms with Gasteiger partial charge in [0.05, 0.1) is 11.0 Å². The van der Waals surface area contributed by atoms with E-state index in [2.05, 4.69) is 32.9 Å². The lowest BCUT2D eigenvalue weighted by molar-refractivity contribution is 1.13. The Morgan fingerprint density at radius 3 is 2.75 bits per heavy atom. The number of aryl methyl sites for hydroxylation is 1. The SMILES string of the molecule is Cc1ccc2nc(-c3ncccn3)[nH]c2c1. The van der Waals surface area contributed by atoms with Crippen molar-refractivity contribution in [2.75, 3.05) is 0 Å². The molecule has 2 heterocycles. The summed E-state index contributed by atoms with van der Waals surface area (Å²) < 4.78 is 0. The number of hydrogen-bond acceptors (Lipinski definition) is 3. The van der Waals surface area contributed by atoms with Gasteiger partial charge in [-0.3, -0.25) is 0 Å². The summed E-state index contributed by atoms with van der Waals surface area (Å²) in [6.45, 7) is 2.05. The molecule has 78 valence electrons. The van der Waals surface area contributed by atoms with E-state index in [1.807, 2.05) is 12.1 Å². The summed E-state index contributed by atoms with van der Waals surface area (Å²) in [5.41, 5.74) is 3.16. The number of benzene rings is 1. The van der Waals surface area contributed by atoms with Gasteiger partial charge in [-0.1, -0.05) is 6.07 Å². The summed E-state index contributed by atoms with van der Waals surface area (Å²) in [6.07, 6.45) is 3.42. The van der Waals surface area contributed by atoms with E-state index in [1.54, 1.807) is 18.5 Å². The first kappa shape index (κ1) is 9.03. The maximum absolute atomic E-state index is 4.44. The minimum Gasteiger partial charge on any atom is -0.335 e. The van der Waals surface area contributed by atoms with Gasteiger partial charge in [0.1, 0.15) is 0 Å². The maximum atomic E-state index is 4.44. The van der Waals surface area contributed by atoms with E-state index in [-0.39, 0.29) is 0 Å². The third kappa shape index (κ3) is 1.44. The van der Waals surface area contributed by atoms with Crippen molar-refractivity contribution in [3.63, 3.8) is 0 Å². The van der Waals surface area contributed by atoms with Crippen molar-refractivity contribution in [1.29, 1.82) is 0 Å². The number of aromatic nitrogens is 4. The summed E-state index contributed by atoms with van der Waals surface area (Å²) in [4.78, 5) is 16.0. The first-order chi connectivity index (χ1) is 7.83. The van der Waals surface area contributed by atoms with Crippen molar-refractivity contribution in [3.8, 4) is 11.6 Å². The highest BCUT2D eigenvalue weighted by atomic mass is 15.0. The fourth-order valence-electron chi connectivity index (χ4n) is 1.65. The summed E-state index contributed by atoms with van der Waals surface area (Å²) in [7, 11) is 0. The van der Waals surface area contributed by atoms with E-state index in [4.69, 9.17) is 0 Å². The molecule has 0 spiro atoms. The van der Waals surface area contributed by atoms with Crippen molar-refractivity contribution in [2.24, 2.45) is 0 Å². The number of H-pyrrole nitrogens is 1. The minimum absolute atomic E-state index is 0.622. The number of nitrogens with one attached hydrogen (secondary N) is 1. The molecule has 3 aromatic rings. The molecule has 4 heteroatoms. The number of rotatable bonds is 1. The molecule has 0 amide bonds. The van der Waals surface area contributed by atoms with Crippen molar-refractivity contribution < 1.29 is 0 Å². The fourth-order valence-corrected chi connectivity index (χ4v) is 1.65. The van der Waals surface area contributed by atoms with Crippen molar-refractivity contribution >= 4 is 11.0 Å². The molecule has 0 aliphatic rings. The molecule has 3 rings (SSSR count). The molecule has 0 saturated heterocycles. The predicted octanol–water partition coefficient (Wildman–Crippen LogP) is 2.33. The molecule has 16 heavy (non-hydrogen) atoms. The minimum atomic E-state index is 0.622. The first-order valence-electron chi connectivity index (χ1n) is 5.07. The Kier molecular flexibility index (Phi) is 1.93. The smallest absolute Gasteiger partial charge is 0.195 e. The van der Waals surface area contributed by atoms with Crippen LogP contribution in [0, 0.1) is 6.92 Å². The van der Waals surface area contributed by atoms with Crippen LogP contribution in [0.1, 0.15) is 5.56 Å². The zero-order valence-corrected chi connectivity index (χ0v) is 8.81. The van der Waals surface area contributed by atoms with Crippen LogP contribution in [-0.2, 0) is 0 Å². The molecule has 0 aliphatic heterocycles. The molecule has 0 bridgehead atoms. The van der Waals surface area contributed by atoms with Gasteiger partial charge < -0.3 is 4.98 Å². The van der Waals surface area contributed by atoms with E-state index in [0.29, 0.717) is 11.6 Å². The summed E-state index contributed by atoms with van der Waals surface area (Å²) in [6, 6.07) is 7.89. The molecule has 1 N–H and O–H groups in total. The first-order valence-corrected chi connectivity index (χ1v) is 5.07. The van der Waals surface area contributed by atoms with Gasteiger partial charge in [-0.05, 0) is 30.7 Å². The molecule has 0 fully saturated rings. The average Bonchev–Trinajstić information content (AvgIpc) is 2.73. The van der Waals surface area contributed by atoms with Crippen molar-refractivity contribution in [3.05, 3.63) is 42.2 Å². The Morgan fingerprint density at radius 1 is 1.12 bits per heavy atom. The lowest BCUT2D eigenvalue weighted by atomic mass is 10.2. The highest BCUT2D eigenvalue weighted by molar-refractivity contribution is 5.78. The van der Waals surface area contributed by atoms with Crippen LogP contribution in [0.5, 0.6) is 0 Å². The fraction of sp³-hybridized carbons (Fsp3) is 0.0833. The van der Waals surface area contributed by atoms with Crippen LogP contribution in [0.25, 0.3) is 22.7 Å². The van der Waals surface area contributed by atoms with Crippen molar-refractivity contribution in [1.82, 2.24) is 19.9 Å². The second-order valence-corrected chi connectivity index (χ2v) is 3.68. The van der Waals surface area contributed by atoms with E-state index in [1.165, 1.54) is 5.56 Å². The molecule has 1 aromatic carbocycles. The Hall–Kier alpha value is -2.23. The Bertz CT molecular complexity index is 628. The molecule has 0 saturated carbocycles. The molecule has 0 aliphatic carbocycles. The predicted molar refractivity (Wildman–Crippen MR) is 61.9 cm³/mol. The van der Waals surface area contributed by atoms with Gasteiger partial charge in [0.2, 0.25) is 0 Å². The Balaban J connectivity index is 2.19. The third-order valence-corrected chi connectivity index (χ3v) is 2.41. The highest BCUT2D eigenvalue weighted by Gasteiger charge is 2.06. The molecule has 2 aromatic heterocycles. The van der Waals surface area contributed by atoms with Gasteiger partial charge in [0.15, 0.2) is 11.6 Å². The molecule has 0 radical (unpaired) electrons. The molecule has 4 nitrogen and oxygen atoms in total. The zero-order valence-electron chi connectivity index (χ0n) is 8.81. The van der Waals surface area contributed by atoms with E-state index >= 15 is 0 Å². The topological polar surface area (TPSA) is 54.5 Å². The van der Waals surface area contributed by atoms with Gasteiger partial charge in [-0.2, -0.15) is 0 Å². The zero-order chi connectivity index (χ0) is 11.0. The van der Waals surface area contributed by atoms with Gasteiger partial charge in [0.25, 0.3) is 0 Å². The Morgan fingerprint density at radius 2 is 1.94 bits per heavy atom. The maximum Gasteiger partial charge on any atom is 0.195 e. The van der Waals surface area contributed by atoms with Crippen LogP contribution in [0.15, 0.2) is 36.7 Å². The third-order valence-electron chi connectivity index (χ3n) is 2.41. The normalized spacial score (nSPS) is 10.8. The van der Waals surface area contributed by atoms with Crippen molar-refractivity contribution in [2.45, 2.75) is 6.92 Å². The van der Waals surface area contributed by atoms with Crippen LogP contribution < -0.4 is 0 Å². The molecule has 0 atom stereocenters. The summed E-state index contributed by atoms with van der Waals surface area (Å²) in [5.74, 6) is 1.33. The summed E-state index contributed by atoms with van der Waals surface area (Å²) in [5, 5.41) is 0. The van der Waals surface area contributed by atoms with E-state index in [9.17, 15) is 0 Å². The monoisotopic (exact) mass is 210 g/mol. The van der Waals surface area contributed by atoms with E-state index in [0.717, 1.165) is 11.0 Å². The number of aromatic amines is 1. The van der Waals surface area contributed by atoms with Gasteiger partial charge in [-0.15, -0.1) is 0 Å². The second-order valence-electron chi connectivity index (χ2n) is 3.68. The Labute approximate surface area is 92.4 Å². The number of fused-ring (bicyclic) bond motifs is 1. The van der Waals surface area contributed by atoms with Gasteiger partial charge in [-0.25, -0.2) is 15.0 Å². The van der Waals surface area contributed by atoms with Crippen LogP contribution in [0.4, 0.5) is 0 Å². The lowest BCUT2D eigenvalue weighted by Crippen LogP contribution is -1.87. The highest BCUT2D eigenvalue weighted by Crippen LogP contribution is 2.17. The number of imidazole rings is 1. The number of hydrogen-bond donors (Lipinski definition) is 1. The largest absolute Gasteiger partial charge is 0.335 e. The molecular weight excluding hydrogens is 200 g/mol. The quantitative estimate of drug-likeness (QED) is 0.670. The average molecular weight is 210 g/mol. The molecule has 0 unspecified atom stereocenters.